The molecule has 2 aliphatic heterocycles. The average molecular weight is 317 g/mol. The fourth-order valence-corrected chi connectivity index (χ4v) is 3.58. The van der Waals surface area contributed by atoms with Gasteiger partial charge < -0.3 is 15.0 Å². The predicted molar refractivity (Wildman–Crippen MR) is 89.1 cm³/mol. The summed E-state index contributed by atoms with van der Waals surface area (Å²) in [5, 5.41) is 3.08. The molecule has 126 valence electrons. The van der Waals surface area contributed by atoms with E-state index in [-0.39, 0.29) is 11.8 Å². The monoisotopic (exact) mass is 317 g/mol. The number of aromatic nitrogens is 1. The number of pyridine rings is 1. The van der Waals surface area contributed by atoms with E-state index in [1.165, 1.54) is 0 Å². The van der Waals surface area contributed by atoms with Crippen LogP contribution in [0.3, 0.4) is 0 Å². The van der Waals surface area contributed by atoms with Gasteiger partial charge in [-0.15, -0.1) is 0 Å². The topological polar surface area (TPSA) is 54.5 Å². The van der Waals surface area contributed by atoms with Gasteiger partial charge in [-0.25, -0.2) is 0 Å². The van der Waals surface area contributed by atoms with E-state index in [1.807, 2.05) is 18.2 Å². The lowest BCUT2D eigenvalue weighted by molar-refractivity contribution is -0.126. The molecule has 0 radical (unpaired) electrons. The van der Waals surface area contributed by atoms with E-state index in [0.29, 0.717) is 12.6 Å². The highest BCUT2D eigenvalue weighted by Gasteiger charge is 2.29. The summed E-state index contributed by atoms with van der Waals surface area (Å²) < 4.78 is 5.43. The van der Waals surface area contributed by atoms with E-state index in [9.17, 15) is 4.79 Å². The lowest BCUT2D eigenvalue weighted by atomic mass is 9.93. The minimum atomic E-state index is 0.176. The number of nitrogens with one attached hydrogen (secondary N) is 1. The molecular formula is C18H27N3O2. The van der Waals surface area contributed by atoms with Crippen LogP contribution in [0.4, 0.5) is 0 Å². The molecule has 0 aliphatic carbocycles. The van der Waals surface area contributed by atoms with Crippen molar-refractivity contribution < 1.29 is 9.53 Å². The van der Waals surface area contributed by atoms with Crippen molar-refractivity contribution in [1.82, 2.24) is 15.2 Å². The zero-order chi connectivity index (χ0) is 15.9. The molecule has 3 rings (SSSR count). The van der Waals surface area contributed by atoms with Crippen LogP contribution in [0.15, 0.2) is 24.4 Å². The molecule has 0 atom stereocenters. The number of carbonyl (C=O) groups is 1. The molecule has 0 bridgehead atoms. The molecule has 2 fully saturated rings. The summed E-state index contributed by atoms with van der Waals surface area (Å²) in [6.07, 6.45) is 6.83. The number of piperidine rings is 1. The second-order valence-electron chi connectivity index (χ2n) is 6.52. The number of hydrogen-bond acceptors (Lipinski definition) is 4. The Morgan fingerprint density at radius 2 is 2.00 bits per heavy atom. The molecule has 1 aromatic rings. The fraction of sp³-hybridized carbons (Fsp3) is 0.667. The zero-order valence-corrected chi connectivity index (χ0v) is 13.7. The van der Waals surface area contributed by atoms with Crippen LogP contribution in [0.1, 0.15) is 31.4 Å². The van der Waals surface area contributed by atoms with Crippen molar-refractivity contribution in [1.29, 1.82) is 0 Å². The van der Waals surface area contributed by atoms with Crippen molar-refractivity contribution in [2.75, 3.05) is 32.8 Å². The maximum atomic E-state index is 12.3. The number of carbonyl (C=O) groups excluding carboxylic acids is 1. The van der Waals surface area contributed by atoms with Gasteiger partial charge in [-0.3, -0.25) is 9.78 Å². The summed E-state index contributed by atoms with van der Waals surface area (Å²) in [6, 6.07) is 6.56. The van der Waals surface area contributed by atoms with E-state index < -0.39 is 0 Å². The fourth-order valence-electron chi connectivity index (χ4n) is 3.58. The number of hydrogen-bond donors (Lipinski definition) is 1. The molecule has 0 spiro atoms. The zero-order valence-electron chi connectivity index (χ0n) is 13.7. The van der Waals surface area contributed by atoms with Gasteiger partial charge in [0.05, 0.1) is 0 Å². The summed E-state index contributed by atoms with van der Waals surface area (Å²) in [4.78, 5) is 19.1. The molecule has 0 saturated carbocycles. The van der Waals surface area contributed by atoms with Crippen molar-refractivity contribution in [2.45, 2.75) is 38.1 Å². The third-order valence-electron chi connectivity index (χ3n) is 5.01. The average Bonchev–Trinajstić information content (AvgIpc) is 2.63. The van der Waals surface area contributed by atoms with Gasteiger partial charge in [0.25, 0.3) is 0 Å². The first-order chi connectivity index (χ1) is 11.3. The van der Waals surface area contributed by atoms with E-state index in [2.05, 4.69) is 15.2 Å². The lowest BCUT2D eigenvalue weighted by Gasteiger charge is -2.38. The molecular weight excluding hydrogens is 290 g/mol. The highest BCUT2D eigenvalue weighted by molar-refractivity contribution is 5.78. The van der Waals surface area contributed by atoms with Crippen molar-refractivity contribution in [3.63, 3.8) is 0 Å². The minimum absolute atomic E-state index is 0.176. The lowest BCUT2D eigenvalue weighted by Crippen LogP contribution is -2.46. The van der Waals surface area contributed by atoms with Crippen molar-refractivity contribution in [3.8, 4) is 0 Å². The number of nitrogens with zero attached hydrogens (tertiary/aromatic N) is 2. The van der Waals surface area contributed by atoms with Gasteiger partial charge in [0, 0.05) is 50.0 Å². The van der Waals surface area contributed by atoms with Crippen LogP contribution in [0.5, 0.6) is 0 Å². The molecule has 1 amide bonds. The summed E-state index contributed by atoms with van der Waals surface area (Å²) in [5.41, 5.74) is 1.03. The Morgan fingerprint density at radius 1 is 1.22 bits per heavy atom. The Hall–Kier alpha value is -1.46. The van der Waals surface area contributed by atoms with E-state index in [4.69, 9.17) is 4.74 Å². The van der Waals surface area contributed by atoms with Crippen LogP contribution in [0.25, 0.3) is 0 Å². The maximum absolute atomic E-state index is 12.3. The minimum Gasteiger partial charge on any atom is -0.381 e. The van der Waals surface area contributed by atoms with Gasteiger partial charge in [-0.05, 0) is 50.9 Å². The summed E-state index contributed by atoms with van der Waals surface area (Å²) in [6.45, 7) is 4.54. The summed E-state index contributed by atoms with van der Waals surface area (Å²) in [7, 11) is 0. The first-order valence-corrected chi connectivity index (χ1v) is 8.82. The number of ether oxygens (including phenoxy) is 1. The molecule has 2 saturated heterocycles. The first-order valence-electron chi connectivity index (χ1n) is 8.82. The van der Waals surface area contributed by atoms with Crippen molar-refractivity contribution in [3.05, 3.63) is 30.1 Å². The molecule has 5 nitrogen and oxygen atoms in total. The van der Waals surface area contributed by atoms with Crippen molar-refractivity contribution >= 4 is 5.91 Å². The molecule has 0 unspecified atom stereocenters. The van der Waals surface area contributed by atoms with Gasteiger partial charge in [0.1, 0.15) is 0 Å². The Balaban J connectivity index is 1.36. The smallest absolute Gasteiger partial charge is 0.223 e. The number of rotatable bonds is 5. The second-order valence-corrected chi connectivity index (χ2v) is 6.52. The van der Waals surface area contributed by atoms with Crippen LogP contribution >= 0.6 is 0 Å². The predicted octanol–water partition coefficient (Wildman–Crippen LogP) is 1.63. The van der Waals surface area contributed by atoms with Gasteiger partial charge in [0.2, 0.25) is 5.91 Å². The van der Waals surface area contributed by atoms with Gasteiger partial charge in [-0.1, -0.05) is 6.07 Å². The number of likely N-dealkylation sites (tertiary alicyclic amines) is 1. The van der Waals surface area contributed by atoms with E-state index in [1.54, 1.807) is 6.20 Å². The Labute approximate surface area is 138 Å². The molecule has 5 heteroatoms. The van der Waals surface area contributed by atoms with E-state index >= 15 is 0 Å². The van der Waals surface area contributed by atoms with Crippen LogP contribution in [0.2, 0.25) is 0 Å². The highest BCUT2D eigenvalue weighted by atomic mass is 16.5. The summed E-state index contributed by atoms with van der Waals surface area (Å²) >= 11 is 0. The third-order valence-corrected chi connectivity index (χ3v) is 5.01. The molecule has 23 heavy (non-hydrogen) atoms. The van der Waals surface area contributed by atoms with E-state index in [0.717, 1.165) is 64.1 Å². The Kier molecular flexibility index (Phi) is 6.00. The number of amides is 1. The molecule has 1 aromatic heterocycles. The summed E-state index contributed by atoms with van der Waals surface area (Å²) in [5.74, 6) is 0.391. The largest absolute Gasteiger partial charge is 0.381 e. The van der Waals surface area contributed by atoms with Gasteiger partial charge in [-0.2, -0.15) is 0 Å². The van der Waals surface area contributed by atoms with Crippen LogP contribution in [-0.4, -0.2) is 54.7 Å². The third kappa shape index (κ3) is 4.75. The van der Waals surface area contributed by atoms with Crippen LogP contribution < -0.4 is 5.32 Å². The van der Waals surface area contributed by atoms with Crippen molar-refractivity contribution in [2.24, 2.45) is 5.92 Å². The second kappa shape index (κ2) is 8.41. The molecule has 2 aliphatic rings. The Bertz CT molecular complexity index is 480. The van der Waals surface area contributed by atoms with Gasteiger partial charge in [0.15, 0.2) is 0 Å². The van der Waals surface area contributed by atoms with Crippen LogP contribution in [-0.2, 0) is 16.0 Å². The maximum Gasteiger partial charge on any atom is 0.223 e. The first kappa shape index (κ1) is 16.4. The normalized spacial score (nSPS) is 21.2. The SMILES string of the molecule is O=C(NCCc1ccccn1)C1CCN(C2CCOCC2)CC1. The quantitative estimate of drug-likeness (QED) is 0.897. The van der Waals surface area contributed by atoms with Gasteiger partial charge >= 0.3 is 0 Å². The standard InChI is InChI=1S/C18H27N3O2/c22-18(20-10-4-16-3-1-2-9-19-16)15-5-11-21(12-6-15)17-7-13-23-14-8-17/h1-3,9,15,17H,4-8,10-14H2,(H,20,22). The molecule has 0 aromatic carbocycles. The van der Waals surface area contributed by atoms with Crippen LogP contribution in [0, 0.1) is 5.92 Å². The molecule has 1 N–H and O–H groups in total. The molecule has 3 heterocycles. The highest BCUT2D eigenvalue weighted by Crippen LogP contribution is 2.23. The Morgan fingerprint density at radius 3 is 2.70 bits per heavy atom.